The Kier molecular flexibility index (Phi) is 7.57. The summed E-state index contributed by atoms with van der Waals surface area (Å²) in [6, 6.07) is 9.19. The summed E-state index contributed by atoms with van der Waals surface area (Å²) in [6.45, 7) is 6.58. The van der Waals surface area contributed by atoms with E-state index in [9.17, 15) is 13.6 Å². The highest BCUT2D eigenvalue weighted by atomic mass is 19.2. The van der Waals surface area contributed by atoms with E-state index < -0.39 is 23.3 Å². The largest absolute Gasteiger partial charge is 0.494 e. The van der Waals surface area contributed by atoms with Crippen molar-refractivity contribution in [3.63, 3.8) is 0 Å². The number of nitrogens with one attached hydrogen (secondary N) is 3. The van der Waals surface area contributed by atoms with E-state index >= 15 is 0 Å². The standard InChI is InChI=1S/C29H32F2N6O3/c1-29(2,3)40-28(38)34-12-11-32-21-9-5-17-15-18(6-7-19(17)21)36-26-27-35-16-22(37(27)14-13-33-26)20-8-10-23(39-4)25(31)24(20)30/h6-8,10,13-16,21,32H,5,9,11-12H2,1-4H3,(H,33,36)(H,34,38). The number of halogens is 2. The van der Waals surface area contributed by atoms with Gasteiger partial charge in [-0.05, 0) is 69.0 Å². The highest BCUT2D eigenvalue weighted by Crippen LogP contribution is 2.35. The van der Waals surface area contributed by atoms with E-state index in [2.05, 4.69) is 38.1 Å². The third kappa shape index (κ3) is 5.69. The third-order valence-corrected chi connectivity index (χ3v) is 6.64. The van der Waals surface area contributed by atoms with Gasteiger partial charge in [0.1, 0.15) is 5.60 Å². The lowest BCUT2D eigenvalue weighted by atomic mass is 10.1. The molecule has 5 rings (SSSR count). The quantitative estimate of drug-likeness (QED) is 0.248. The summed E-state index contributed by atoms with van der Waals surface area (Å²) < 4.78 is 40.9. The molecule has 1 aliphatic carbocycles. The second-order valence-electron chi connectivity index (χ2n) is 10.6. The molecular formula is C29H32F2N6O3. The van der Waals surface area contributed by atoms with Gasteiger partial charge in [-0.15, -0.1) is 0 Å². The number of amides is 1. The van der Waals surface area contributed by atoms with Gasteiger partial charge in [0.15, 0.2) is 23.0 Å². The number of hydrogen-bond donors (Lipinski definition) is 3. The maximum atomic E-state index is 14.8. The number of hydrogen-bond acceptors (Lipinski definition) is 7. The number of benzene rings is 2. The summed E-state index contributed by atoms with van der Waals surface area (Å²) in [5, 5.41) is 9.59. The highest BCUT2D eigenvalue weighted by molar-refractivity contribution is 5.75. The van der Waals surface area contributed by atoms with Gasteiger partial charge in [-0.1, -0.05) is 6.07 Å². The molecule has 0 fully saturated rings. The van der Waals surface area contributed by atoms with Crippen LogP contribution in [0.2, 0.25) is 0 Å². The summed E-state index contributed by atoms with van der Waals surface area (Å²) in [7, 11) is 1.29. The van der Waals surface area contributed by atoms with Crippen molar-refractivity contribution in [1.29, 1.82) is 0 Å². The molecule has 1 amide bonds. The van der Waals surface area contributed by atoms with Crippen LogP contribution in [0.4, 0.5) is 25.1 Å². The van der Waals surface area contributed by atoms with Crippen molar-refractivity contribution in [2.24, 2.45) is 0 Å². The van der Waals surface area contributed by atoms with Crippen LogP contribution in [-0.2, 0) is 11.2 Å². The zero-order valence-electron chi connectivity index (χ0n) is 22.8. The van der Waals surface area contributed by atoms with Crippen LogP contribution < -0.4 is 20.7 Å². The monoisotopic (exact) mass is 550 g/mol. The molecule has 0 saturated heterocycles. The first kappa shape index (κ1) is 27.3. The lowest BCUT2D eigenvalue weighted by Crippen LogP contribution is -2.37. The number of carbonyl (C=O) groups excluding carboxylic acids is 1. The molecule has 2 aromatic heterocycles. The Morgan fingerprint density at radius 2 is 1.95 bits per heavy atom. The van der Waals surface area contributed by atoms with Gasteiger partial charge < -0.3 is 25.4 Å². The van der Waals surface area contributed by atoms with Gasteiger partial charge in [0.2, 0.25) is 5.82 Å². The lowest BCUT2D eigenvalue weighted by molar-refractivity contribution is 0.0528. The Balaban J connectivity index is 1.27. The second-order valence-corrected chi connectivity index (χ2v) is 10.6. The van der Waals surface area contributed by atoms with Crippen LogP contribution in [0, 0.1) is 11.6 Å². The minimum Gasteiger partial charge on any atom is -0.494 e. The van der Waals surface area contributed by atoms with Crippen LogP contribution in [0.3, 0.4) is 0 Å². The van der Waals surface area contributed by atoms with Gasteiger partial charge in [0.05, 0.1) is 19.0 Å². The number of aryl methyl sites for hydroxylation is 1. The Hall–Kier alpha value is -4.25. The van der Waals surface area contributed by atoms with E-state index in [0.29, 0.717) is 30.2 Å². The average Bonchev–Trinajstić information content (AvgIpc) is 3.52. The van der Waals surface area contributed by atoms with Crippen molar-refractivity contribution in [1.82, 2.24) is 25.0 Å². The zero-order chi connectivity index (χ0) is 28.4. The molecule has 4 aromatic rings. The Morgan fingerprint density at radius 1 is 1.12 bits per heavy atom. The van der Waals surface area contributed by atoms with Crippen molar-refractivity contribution in [3.8, 4) is 17.0 Å². The normalized spacial score (nSPS) is 14.7. The van der Waals surface area contributed by atoms with Crippen LogP contribution in [0.5, 0.6) is 5.75 Å². The smallest absolute Gasteiger partial charge is 0.407 e. The van der Waals surface area contributed by atoms with Crippen molar-refractivity contribution in [2.75, 3.05) is 25.5 Å². The fourth-order valence-electron chi connectivity index (χ4n) is 4.86. The molecule has 210 valence electrons. The number of ether oxygens (including phenoxy) is 2. The summed E-state index contributed by atoms with van der Waals surface area (Å²) in [5.74, 6) is -1.72. The third-order valence-electron chi connectivity index (χ3n) is 6.64. The van der Waals surface area contributed by atoms with E-state index in [1.165, 1.54) is 36.6 Å². The molecule has 0 saturated carbocycles. The second kappa shape index (κ2) is 11.1. The van der Waals surface area contributed by atoms with E-state index in [1.807, 2.05) is 26.8 Å². The number of alkyl carbamates (subject to hydrolysis) is 1. The maximum Gasteiger partial charge on any atom is 0.407 e. The fraction of sp³-hybridized carbons (Fsp3) is 0.345. The van der Waals surface area contributed by atoms with Gasteiger partial charge in [-0.25, -0.2) is 19.2 Å². The predicted molar refractivity (Wildman–Crippen MR) is 148 cm³/mol. The highest BCUT2D eigenvalue weighted by Gasteiger charge is 2.23. The number of rotatable bonds is 8. The first-order valence-electron chi connectivity index (χ1n) is 13.1. The van der Waals surface area contributed by atoms with Gasteiger partial charge >= 0.3 is 6.09 Å². The van der Waals surface area contributed by atoms with E-state index in [-0.39, 0.29) is 17.4 Å². The number of anilines is 2. The number of aromatic nitrogens is 3. The van der Waals surface area contributed by atoms with E-state index in [4.69, 9.17) is 9.47 Å². The minimum absolute atomic E-state index is 0.0697. The predicted octanol–water partition coefficient (Wildman–Crippen LogP) is 5.53. The minimum atomic E-state index is -1.05. The summed E-state index contributed by atoms with van der Waals surface area (Å²) in [6.07, 6.45) is 6.16. The Morgan fingerprint density at radius 3 is 2.73 bits per heavy atom. The molecular weight excluding hydrogens is 518 g/mol. The molecule has 0 bridgehead atoms. The van der Waals surface area contributed by atoms with Gasteiger partial charge in [-0.2, -0.15) is 4.39 Å². The molecule has 3 N–H and O–H groups in total. The van der Waals surface area contributed by atoms with Gasteiger partial charge in [0.25, 0.3) is 0 Å². The van der Waals surface area contributed by atoms with Crippen molar-refractivity contribution >= 4 is 23.2 Å². The molecule has 1 aliphatic rings. The van der Waals surface area contributed by atoms with Gasteiger partial charge in [0, 0.05) is 42.8 Å². The maximum absolute atomic E-state index is 14.8. The van der Waals surface area contributed by atoms with Crippen LogP contribution in [-0.4, -0.2) is 46.3 Å². The molecule has 0 spiro atoms. The first-order valence-corrected chi connectivity index (χ1v) is 13.1. The number of nitrogens with zero attached hydrogens (tertiary/aromatic N) is 3. The number of fused-ring (bicyclic) bond motifs is 2. The van der Waals surface area contributed by atoms with E-state index in [1.54, 1.807) is 16.8 Å². The molecule has 11 heteroatoms. The van der Waals surface area contributed by atoms with Crippen molar-refractivity contribution in [2.45, 2.75) is 45.3 Å². The molecule has 1 unspecified atom stereocenters. The molecule has 1 atom stereocenters. The number of methoxy groups -OCH3 is 1. The Labute approximate surface area is 230 Å². The molecule has 0 aliphatic heterocycles. The molecule has 0 radical (unpaired) electrons. The summed E-state index contributed by atoms with van der Waals surface area (Å²) in [5.41, 5.74) is 3.69. The number of carbonyl (C=O) groups is 1. The molecule has 2 heterocycles. The lowest BCUT2D eigenvalue weighted by Gasteiger charge is -2.20. The Bertz CT molecular complexity index is 1550. The molecule has 40 heavy (non-hydrogen) atoms. The van der Waals surface area contributed by atoms with Crippen molar-refractivity contribution in [3.05, 3.63) is 71.7 Å². The van der Waals surface area contributed by atoms with Crippen molar-refractivity contribution < 1.29 is 23.0 Å². The fourth-order valence-corrected chi connectivity index (χ4v) is 4.86. The van der Waals surface area contributed by atoms with Crippen LogP contribution in [0.15, 0.2) is 48.9 Å². The topological polar surface area (TPSA) is 102 Å². The summed E-state index contributed by atoms with van der Waals surface area (Å²) in [4.78, 5) is 20.7. The summed E-state index contributed by atoms with van der Waals surface area (Å²) >= 11 is 0. The SMILES string of the molecule is COc1ccc(-c2cnc3c(Nc4ccc5c(c4)CCC5NCCNC(=O)OC(C)(C)C)nccn23)c(F)c1F. The van der Waals surface area contributed by atoms with E-state index in [0.717, 1.165) is 18.5 Å². The van der Waals surface area contributed by atoms with Gasteiger partial charge in [-0.3, -0.25) is 4.40 Å². The molecule has 9 nitrogen and oxygen atoms in total. The first-order chi connectivity index (χ1) is 19.1. The van der Waals surface area contributed by atoms with Crippen LogP contribution in [0.1, 0.15) is 44.4 Å². The zero-order valence-corrected chi connectivity index (χ0v) is 22.8. The average molecular weight is 551 g/mol. The number of imidazole rings is 1. The van der Waals surface area contributed by atoms with Crippen LogP contribution in [0.25, 0.3) is 16.9 Å². The van der Waals surface area contributed by atoms with Crippen LogP contribution >= 0.6 is 0 Å². The molecule has 2 aromatic carbocycles.